The molecule has 6 heteroatoms. The van der Waals surface area contributed by atoms with Crippen molar-refractivity contribution < 1.29 is 0 Å². The molecule has 0 bridgehead atoms. The Hall–Kier alpha value is -1.40. The maximum atomic E-state index is 12.3. The van der Waals surface area contributed by atoms with Crippen molar-refractivity contribution in [3.8, 4) is 0 Å². The Bertz CT molecular complexity index is 718. The molecule has 5 nitrogen and oxygen atoms in total. The van der Waals surface area contributed by atoms with Gasteiger partial charge in [0.25, 0.3) is 5.56 Å². The Morgan fingerprint density at radius 3 is 2.61 bits per heavy atom. The molecule has 1 heterocycles. The molecule has 1 atom stereocenters. The molecule has 1 N–H and O–H groups in total. The van der Waals surface area contributed by atoms with E-state index in [1.165, 1.54) is 9.13 Å². The SMILES string of the molecule is CNC(C)n1c(=O)c2ccc(Br)cc2n(C)c1=O. The number of nitrogens with zero attached hydrogens (tertiary/aromatic N) is 2. The van der Waals surface area contributed by atoms with E-state index < -0.39 is 0 Å². The van der Waals surface area contributed by atoms with Crippen LogP contribution >= 0.6 is 15.9 Å². The van der Waals surface area contributed by atoms with E-state index in [4.69, 9.17) is 0 Å². The summed E-state index contributed by atoms with van der Waals surface area (Å²) >= 11 is 3.34. The predicted molar refractivity (Wildman–Crippen MR) is 74.9 cm³/mol. The molecule has 0 radical (unpaired) electrons. The highest BCUT2D eigenvalue weighted by atomic mass is 79.9. The Morgan fingerprint density at radius 2 is 2.00 bits per heavy atom. The van der Waals surface area contributed by atoms with Gasteiger partial charge in [0, 0.05) is 11.5 Å². The zero-order chi connectivity index (χ0) is 13.4. The highest BCUT2D eigenvalue weighted by Gasteiger charge is 2.14. The lowest BCUT2D eigenvalue weighted by atomic mass is 10.2. The maximum absolute atomic E-state index is 12.3. The van der Waals surface area contributed by atoms with Gasteiger partial charge >= 0.3 is 5.69 Å². The first-order valence-electron chi connectivity index (χ1n) is 5.55. The average Bonchev–Trinajstić information content (AvgIpc) is 2.35. The van der Waals surface area contributed by atoms with Crippen molar-refractivity contribution in [1.29, 1.82) is 0 Å². The number of hydrogen-bond acceptors (Lipinski definition) is 3. The van der Waals surface area contributed by atoms with Crippen LogP contribution < -0.4 is 16.6 Å². The number of nitrogens with one attached hydrogen (secondary N) is 1. The van der Waals surface area contributed by atoms with E-state index in [0.29, 0.717) is 10.9 Å². The third-order valence-electron chi connectivity index (χ3n) is 3.07. The van der Waals surface area contributed by atoms with Crippen molar-refractivity contribution in [3.05, 3.63) is 43.5 Å². The van der Waals surface area contributed by atoms with Gasteiger partial charge in [0.1, 0.15) is 0 Å². The Labute approximate surface area is 112 Å². The summed E-state index contributed by atoms with van der Waals surface area (Å²) in [6.45, 7) is 1.77. The number of hydrogen-bond donors (Lipinski definition) is 1. The van der Waals surface area contributed by atoms with Gasteiger partial charge in [-0.15, -0.1) is 0 Å². The predicted octanol–water partition coefficient (Wildman–Crippen LogP) is 1.20. The van der Waals surface area contributed by atoms with E-state index in [2.05, 4.69) is 21.2 Å². The Kier molecular flexibility index (Phi) is 3.41. The first-order valence-corrected chi connectivity index (χ1v) is 6.34. The standard InChI is InChI=1S/C12H14BrN3O2/c1-7(14-2)16-11(17)9-5-4-8(13)6-10(9)15(3)12(16)18/h4-7,14H,1-3H3. The molecule has 0 spiro atoms. The van der Waals surface area contributed by atoms with Crippen LogP contribution in [-0.2, 0) is 7.05 Å². The first kappa shape index (κ1) is 13.0. The quantitative estimate of drug-likeness (QED) is 0.906. The molecule has 1 aromatic heterocycles. The molecular weight excluding hydrogens is 298 g/mol. The third-order valence-corrected chi connectivity index (χ3v) is 3.56. The van der Waals surface area contributed by atoms with Crippen molar-refractivity contribution in [3.63, 3.8) is 0 Å². The van der Waals surface area contributed by atoms with Gasteiger partial charge in [-0.2, -0.15) is 0 Å². The topological polar surface area (TPSA) is 56.0 Å². The summed E-state index contributed by atoms with van der Waals surface area (Å²) in [5, 5.41) is 3.44. The van der Waals surface area contributed by atoms with Crippen LogP contribution in [0.25, 0.3) is 10.9 Å². The third kappa shape index (κ3) is 1.91. The molecule has 2 rings (SSSR count). The fourth-order valence-corrected chi connectivity index (χ4v) is 2.26. The van der Waals surface area contributed by atoms with Crippen molar-refractivity contribution in [2.45, 2.75) is 13.1 Å². The molecule has 0 amide bonds. The van der Waals surface area contributed by atoms with Crippen LogP contribution in [0.15, 0.2) is 32.3 Å². The minimum atomic E-state index is -0.343. The number of rotatable bonds is 2. The second-order valence-corrected chi connectivity index (χ2v) is 5.06. The summed E-state index contributed by atoms with van der Waals surface area (Å²) in [7, 11) is 3.37. The summed E-state index contributed by atoms with van der Waals surface area (Å²) < 4.78 is 3.54. The molecule has 2 aromatic rings. The molecule has 0 saturated heterocycles. The highest BCUT2D eigenvalue weighted by Crippen LogP contribution is 2.15. The summed E-state index contributed by atoms with van der Waals surface area (Å²) in [6, 6.07) is 5.29. The largest absolute Gasteiger partial charge is 0.332 e. The van der Waals surface area contributed by atoms with Gasteiger partial charge in [-0.3, -0.25) is 9.36 Å². The molecular formula is C12H14BrN3O2. The van der Waals surface area contributed by atoms with Crippen LogP contribution in [0.1, 0.15) is 13.1 Å². The van der Waals surface area contributed by atoms with Crippen LogP contribution in [0.2, 0.25) is 0 Å². The van der Waals surface area contributed by atoms with Crippen molar-refractivity contribution in [1.82, 2.24) is 14.5 Å². The van der Waals surface area contributed by atoms with Crippen LogP contribution in [0.3, 0.4) is 0 Å². The normalized spacial score (nSPS) is 12.9. The van der Waals surface area contributed by atoms with Gasteiger partial charge in [-0.25, -0.2) is 9.36 Å². The van der Waals surface area contributed by atoms with E-state index in [1.54, 1.807) is 39.2 Å². The highest BCUT2D eigenvalue weighted by molar-refractivity contribution is 9.10. The van der Waals surface area contributed by atoms with E-state index >= 15 is 0 Å². The summed E-state index contributed by atoms with van der Waals surface area (Å²) in [5.74, 6) is 0. The molecule has 18 heavy (non-hydrogen) atoms. The number of aromatic nitrogens is 2. The molecule has 1 unspecified atom stereocenters. The lowest BCUT2D eigenvalue weighted by Gasteiger charge is -2.16. The molecule has 0 fully saturated rings. The lowest BCUT2D eigenvalue weighted by molar-refractivity contribution is 0.437. The van der Waals surface area contributed by atoms with Crippen LogP contribution in [0.4, 0.5) is 0 Å². The van der Waals surface area contributed by atoms with Gasteiger partial charge in [-0.05, 0) is 32.2 Å². The molecule has 96 valence electrons. The van der Waals surface area contributed by atoms with E-state index in [9.17, 15) is 9.59 Å². The fourth-order valence-electron chi connectivity index (χ4n) is 1.92. The molecule has 0 aliphatic carbocycles. The number of benzene rings is 1. The lowest BCUT2D eigenvalue weighted by Crippen LogP contribution is -2.44. The number of fused-ring (bicyclic) bond motifs is 1. The van der Waals surface area contributed by atoms with Gasteiger partial charge in [0.05, 0.1) is 17.1 Å². The zero-order valence-corrected chi connectivity index (χ0v) is 12.0. The molecule has 0 aliphatic rings. The van der Waals surface area contributed by atoms with Gasteiger partial charge in [0.2, 0.25) is 0 Å². The van der Waals surface area contributed by atoms with E-state index in [-0.39, 0.29) is 17.4 Å². The van der Waals surface area contributed by atoms with Crippen LogP contribution in [-0.4, -0.2) is 16.2 Å². The summed E-state index contributed by atoms with van der Waals surface area (Å²) in [6.07, 6.45) is -0.343. The monoisotopic (exact) mass is 311 g/mol. The van der Waals surface area contributed by atoms with Crippen LogP contribution in [0, 0.1) is 0 Å². The minimum Gasteiger partial charge on any atom is -0.300 e. The summed E-state index contributed by atoms with van der Waals surface area (Å²) in [4.78, 5) is 24.5. The molecule has 0 aliphatic heterocycles. The molecule has 0 saturated carbocycles. The van der Waals surface area contributed by atoms with E-state index in [1.807, 2.05) is 0 Å². The smallest absolute Gasteiger partial charge is 0.300 e. The Morgan fingerprint density at radius 1 is 1.33 bits per heavy atom. The first-order chi connectivity index (χ1) is 8.47. The second-order valence-electron chi connectivity index (χ2n) is 4.14. The van der Waals surface area contributed by atoms with Crippen LogP contribution in [0.5, 0.6) is 0 Å². The number of halogens is 1. The van der Waals surface area contributed by atoms with Gasteiger partial charge in [-0.1, -0.05) is 15.9 Å². The van der Waals surface area contributed by atoms with Gasteiger partial charge in [0.15, 0.2) is 0 Å². The van der Waals surface area contributed by atoms with E-state index in [0.717, 1.165) is 4.47 Å². The van der Waals surface area contributed by atoms with Crippen molar-refractivity contribution in [2.24, 2.45) is 7.05 Å². The zero-order valence-electron chi connectivity index (χ0n) is 10.4. The van der Waals surface area contributed by atoms with Gasteiger partial charge < -0.3 is 5.32 Å². The number of aryl methyl sites for hydroxylation is 1. The van der Waals surface area contributed by atoms with Crippen molar-refractivity contribution >= 4 is 26.8 Å². The average molecular weight is 312 g/mol. The fraction of sp³-hybridized carbons (Fsp3) is 0.333. The summed E-state index contributed by atoms with van der Waals surface area (Å²) in [5.41, 5.74) is 0.0221. The molecule has 1 aromatic carbocycles. The minimum absolute atomic E-state index is 0.276. The van der Waals surface area contributed by atoms with Crippen molar-refractivity contribution in [2.75, 3.05) is 7.05 Å². The maximum Gasteiger partial charge on any atom is 0.332 e. The Balaban J connectivity index is 2.97. The second kappa shape index (κ2) is 4.70.